The third kappa shape index (κ3) is 11.1. The molecule has 332 valence electrons. The third-order valence-electron chi connectivity index (χ3n) is 11.5. The number of ether oxygens (including phenoxy) is 2. The van der Waals surface area contributed by atoms with Crippen LogP contribution in [0.15, 0.2) is 146 Å². The average molecular weight is 909 g/mol. The van der Waals surface area contributed by atoms with Gasteiger partial charge in [-0.05, 0) is 126 Å². The van der Waals surface area contributed by atoms with Crippen molar-refractivity contribution in [2.75, 3.05) is 18.1 Å². The van der Waals surface area contributed by atoms with E-state index in [0.717, 1.165) is 109 Å². The van der Waals surface area contributed by atoms with E-state index in [-0.39, 0.29) is 5.56 Å². The van der Waals surface area contributed by atoms with E-state index >= 15 is 0 Å². The van der Waals surface area contributed by atoms with Gasteiger partial charge < -0.3 is 19.5 Å². The highest BCUT2D eigenvalue weighted by molar-refractivity contribution is 7.16. The fourth-order valence-electron chi connectivity index (χ4n) is 7.90. The molecule has 0 fully saturated rings. The van der Waals surface area contributed by atoms with E-state index in [1.807, 2.05) is 36.4 Å². The number of thiophene rings is 1. The predicted molar refractivity (Wildman–Crippen MR) is 272 cm³/mol. The van der Waals surface area contributed by atoms with Crippen LogP contribution in [0.4, 0.5) is 17.1 Å². The van der Waals surface area contributed by atoms with Crippen LogP contribution in [0.3, 0.4) is 0 Å². The molecular weight excluding hydrogens is 857 g/mol. The number of anilines is 3. The van der Waals surface area contributed by atoms with Gasteiger partial charge in [0.15, 0.2) is 0 Å². The van der Waals surface area contributed by atoms with Gasteiger partial charge in [0, 0.05) is 37.9 Å². The molecular formula is C56H52N4O4S2. The number of carboxylic acid groups (broad SMARTS) is 1. The van der Waals surface area contributed by atoms with Crippen LogP contribution in [0, 0.1) is 11.3 Å². The summed E-state index contributed by atoms with van der Waals surface area (Å²) < 4.78 is 21.8. The van der Waals surface area contributed by atoms with Crippen LogP contribution in [0.2, 0.25) is 0 Å². The number of aromatic nitrogens is 2. The Morgan fingerprint density at radius 2 is 1.08 bits per heavy atom. The number of carboxylic acids is 1. The summed E-state index contributed by atoms with van der Waals surface area (Å²) in [6.45, 7) is 5.88. The Labute approximate surface area is 395 Å². The molecule has 8 aromatic rings. The van der Waals surface area contributed by atoms with E-state index in [2.05, 4.69) is 116 Å². The van der Waals surface area contributed by atoms with Gasteiger partial charge in [-0.2, -0.15) is 14.0 Å². The predicted octanol–water partition coefficient (Wildman–Crippen LogP) is 15.9. The summed E-state index contributed by atoms with van der Waals surface area (Å²) >= 11 is 2.81. The molecule has 2 heterocycles. The molecule has 8 nitrogen and oxygen atoms in total. The van der Waals surface area contributed by atoms with E-state index < -0.39 is 5.97 Å². The highest BCUT2D eigenvalue weighted by Crippen LogP contribution is 2.41. The summed E-state index contributed by atoms with van der Waals surface area (Å²) in [4.78, 5) is 15.5. The molecule has 10 heteroatoms. The Morgan fingerprint density at radius 1 is 0.591 bits per heavy atom. The van der Waals surface area contributed by atoms with Gasteiger partial charge in [0.05, 0.1) is 42.1 Å². The monoisotopic (exact) mass is 908 g/mol. The molecule has 0 amide bonds. The van der Waals surface area contributed by atoms with Crippen molar-refractivity contribution in [3.8, 4) is 50.3 Å². The molecule has 0 atom stereocenters. The van der Waals surface area contributed by atoms with Crippen molar-refractivity contribution in [1.82, 2.24) is 8.75 Å². The lowest BCUT2D eigenvalue weighted by Crippen LogP contribution is -2.10. The highest BCUT2D eigenvalue weighted by atomic mass is 32.1. The second kappa shape index (κ2) is 22.2. The molecule has 0 aliphatic rings. The first-order chi connectivity index (χ1) is 32.4. The maximum atomic E-state index is 11.3. The van der Waals surface area contributed by atoms with Gasteiger partial charge in [0.25, 0.3) is 0 Å². The molecule has 1 N–H and O–H groups in total. The van der Waals surface area contributed by atoms with E-state index in [1.54, 1.807) is 35.6 Å². The van der Waals surface area contributed by atoms with Crippen LogP contribution >= 0.6 is 23.1 Å². The Morgan fingerprint density at radius 3 is 1.59 bits per heavy atom. The minimum Gasteiger partial charge on any atom is -0.494 e. The van der Waals surface area contributed by atoms with E-state index in [1.165, 1.54) is 50.3 Å². The second-order valence-corrected chi connectivity index (χ2v) is 17.8. The summed E-state index contributed by atoms with van der Waals surface area (Å²) in [6.07, 6.45) is 11.3. The van der Waals surface area contributed by atoms with Crippen LogP contribution in [0.5, 0.6) is 11.5 Å². The maximum Gasteiger partial charge on any atom is 0.335 e. The third-order valence-corrected chi connectivity index (χ3v) is 13.1. The number of carbonyl (C=O) groups is 1. The van der Waals surface area contributed by atoms with Gasteiger partial charge in [0.1, 0.15) is 22.5 Å². The quantitative estimate of drug-likeness (QED) is 0.0561. The van der Waals surface area contributed by atoms with Crippen LogP contribution in [0.1, 0.15) is 86.0 Å². The average Bonchev–Trinajstić information content (AvgIpc) is 4.05. The van der Waals surface area contributed by atoms with Gasteiger partial charge in [-0.25, -0.2) is 4.79 Å². The molecule has 0 saturated carbocycles. The lowest BCUT2D eigenvalue weighted by molar-refractivity contribution is 0.0697. The lowest BCUT2D eigenvalue weighted by atomic mass is 9.99. The normalized spacial score (nSPS) is 11.4. The Bertz CT molecular complexity index is 2860. The molecule has 66 heavy (non-hydrogen) atoms. The molecule has 0 bridgehead atoms. The molecule has 0 aliphatic heterocycles. The standard InChI is InChI=1S/C56H52N4O4S2/c1-3-5-7-9-35-63-48-27-23-46(24-28-48)60(47-25-29-49(30-26-47)64-36-10-8-6-4-2)45-21-19-42(20-22-45)51-32-33-52(55-54(51)58-66-59-55)53-34-31-50(65-53)37-44(38-57)41-13-11-39(12-14-41)40-15-17-43(18-16-40)56(61)62/h11-34,37H,3-10,35-36H2,1-2H3,(H,61,62)/b44-37+. The van der Waals surface area contributed by atoms with Crippen molar-refractivity contribution in [2.45, 2.75) is 65.2 Å². The number of rotatable bonds is 21. The highest BCUT2D eigenvalue weighted by Gasteiger charge is 2.18. The summed E-state index contributed by atoms with van der Waals surface area (Å²) in [5, 5.41) is 19.4. The smallest absolute Gasteiger partial charge is 0.335 e. The van der Waals surface area contributed by atoms with Gasteiger partial charge in [-0.3, -0.25) is 0 Å². The minimum absolute atomic E-state index is 0.241. The topological polar surface area (TPSA) is 109 Å². The van der Waals surface area contributed by atoms with Gasteiger partial charge in [0.2, 0.25) is 0 Å². The molecule has 0 aliphatic carbocycles. The van der Waals surface area contributed by atoms with Crippen LogP contribution < -0.4 is 14.4 Å². The van der Waals surface area contributed by atoms with E-state index in [4.69, 9.17) is 18.2 Å². The summed E-state index contributed by atoms with van der Waals surface area (Å²) in [6, 6.07) is 50.5. The summed E-state index contributed by atoms with van der Waals surface area (Å²) in [5.41, 5.74) is 11.2. The number of hydrogen-bond donors (Lipinski definition) is 1. The van der Waals surface area contributed by atoms with E-state index in [9.17, 15) is 15.2 Å². The van der Waals surface area contributed by atoms with Crippen molar-refractivity contribution in [1.29, 1.82) is 5.26 Å². The second-order valence-electron chi connectivity index (χ2n) is 16.1. The SMILES string of the molecule is CCCCCCOc1ccc(N(c2ccc(OCCCCCC)cc2)c2ccc(-c3ccc(-c4ccc(/C=C(\C#N)c5ccc(-c6ccc(C(=O)O)cc6)cc5)s4)c4nsnc34)cc2)cc1. The van der Waals surface area contributed by atoms with Crippen molar-refractivity contribution in [3.05, 3.63) is 162 Å². The number of nitrogens with zero attached hydrogens (tertiary/aromatic N) is 4. The zero-order valence-corrected chi connectivity index (χ0v) is 38.9. The first-order valence-corrected chi connectivity index (χ1v) is 24.2. The zero-order chi connectivity index (χ0) is 45.7. The first kappa shape index (κ1) is 45.5. The van der Waals surface area contributed by atoms with Gasteiger partial charge in [-0.1, -0.05) is 113 Å². The Kier molecular flexibility index (Phi) is 15.3. The molecule has 0 spiro atoms. The van der Waals surface area contributed by atoms with Crippen LogP contribution in [-0.2, 0) is 0 Å². The van der Waals surface area contributed by atoms with Crippen molar-refractivity contribution >= 4 is 68.8 Å². The number of hydrogen-bond acceptors (Lipinski definition) is 9. The van der Waals surface area contributed by atoms with Gasteiger partial charge >= 0.3 is 5.97 Å². The fraction of sp³-hybridized carbons (Fsp3) is 0.214. The number of unbranched alkanes of at least 4 members (excludes halogenated alkanes) is 6. The molecule has 8 rings (SSSR count). The van der Waals surface area contributed by atoms with E-state index in [0.29, 0.717) is 5.57 Å². The molecule has 0 radical (unpaired) electrons. The number of fused-ring (bicyclic) bond motifs is 1. The number of benzene rings is 6. The molecule has 2 aromatic heterocycles. The molecule has 0 unspecified atom stereocenters. The minimum atomic E-state index is -0.957. The fourth-order valence-corrected chi connectivity index (χ4v) is 9.45. The Hall–Kier alpha value is -7.06. The lowest BCUT2D eigenvalue weighted by Gasteiger charge is -2.26. The Balaban J connectivity index is 1.01. The largest absolute Gasteiger partial charge is 0.494 e. The van der Waals surface area contributed by atoms with Crippen molar-refractivity contribution in [2.24, 2.45) is 0 Å². The van der Waals surface area contributed by atoms with Crippen molar-refractivity contribution < 1.29 is 19.4 Å². The number of allylic oxidation sites excluding steroid dienone is 1. The summed E-state index contributed by atoms with van der Waals surface area (Å²) in [5.74, 6) is 0.785. The zero-order valence-electron chi connectivity index (χ0n) is 37.3. The molecule has 6 aromatic carbocycles. The number of nitriles is 1. The molecule has 0 saturated heterocycles. The van der Waals surface area contributed by atoms with Crippen molar-refractivity contribution in [3.63, 3.8) is 0 Å². The van der Waals surface area contributed by atoms with Crippen LogP contribution in [0.25, 0.3) is 55.4 Å². The maximum absolute atomic E-state index is 11.3. The first-order valence-electron chi connectivity index (χ1n) is 22.7. The summed E-state index contributed by atoms with van der Waals surface area (Å²) in [7, 11) is 0. The van der Waals surface area contributed by atoms with Gasteiger partial charge in [-0.15, -0.1) is 11.3 Å². The number of aromatic carboxylic acids is 1. The van der Waals surface area contributed by atoms with Crippen LogP contribution in [-0.4, -0.2) is 33.0 Å².